The molecule has 0 aromatic rings. The summed E-state index contributed by atoms with van der Waals surface area (Å²) in [6, 6.07) is 0.544. The molecule has 0 radical (unpaired) electrons. The molecule has 0 heterocycles. The second-order valence-electron chi connectivity index (χ2n) is 2.69. The van der Waals surface area contributed by atoms with Crippen LogP contribution in [0.4, 0.5) is 0 Å². The number of hydrogen-bond donors (Lipinski definition) is 1. The van der Waals surface area contributed by atoms with Crippen LogP contribution in [0, 0.1) is 0 Å². The van der Waals surface area contributed by atoms with Crippen molar-refractivity contribution in [2.24, 2.45) is 0 Å². The molecule has 0 bridgehead atoms. The van der Waals surface area contributed by atoms with Crippen LogP contribution in [0.2, 0.25) is 0 Å². The van der Waals surface area contributed by atoms with E-state index in [2.05, 4.69) is 25.7 Å². The van der Waals surface area contributed by atoms with Crippen molar-refractivity contribution in [3.05, 3.63) is 24.3 Å². The fourth-order valence-electron chi connectivity index (χ4n) is 0.630. The van der Waals surface area contributed by atoms with Gasteiger partial charge in [-0.1, -0.05) is 32.6 Å². The van der Waals surface area contributed by atoms with Gasteiger partial charge in [-0.05, 0) is 12.5 Å². The van der Waals surface area contributed by atoms with Crippen LogP contribution in [0.1, 0.15) is 20.8 Å². The summed E-state index contributed by atoms with van der Waals surface area (Å²) in [4.78, 5) is 0. The molecular weight excluding hydrogens is 122 g/mol. The van der Waals surface area contributed by atoms with E-state index in [1.54, 1.807) is 0 Å². The fourth-order valence-corrected chi connectivity index (χ4v) is 0.630. The van der Waals surface area contributed by atoms with Crippen LogP contribution in [-0.2, 0) is 0 Å². The van der Waals surface area contributed by atoms with Crippen molar-refractivity contribution < 1.29 is 0 Å². The van der Waals surface area contributed by atoms with Crippen molar-refractivity contribution >= 4 is 0 Å². The lowest BCUT2D eigenvalue weighted by atomic mass is 10.2. The van der Waals surface area contributed by atoms with E-state index in [0.29, 0.717) is 6.04 Å². The van der Waals surface area contributed by atoms with E-state index in [1.807, 2.05) is 19.1 Å². The molecule has 0 aliphatic heterocycles. The van der Waals surface area contributed by atoms with E-state index < -0.39 is 0 Å². The van der Waals surface area contributed by atoms with Crippen molar-refractivity contribution in [2.75, 3.05) is 6.54 Å². The first-order chi connectivity index (χ1) is 4.66. The third kappa shape index (κ3) is 5.57. The minimum absolute atomic E-state index is 0.544. The molecule has 0 fully saturated rings. The Labute approximate surface area is 63.8 Å². The molecule has 58 valence electrons. The Kier molecular flexibility index (Phi) is 4.95. The predicted octanol–water partition coefficient (Wildman–Crippen LogP) is 2.12. The first-order valence-electron chi connectivity index (χ1n) is 3.70. The highest BCUT2D eigenvalue weighted by Gasteiger charge is 1.90. The highest BCUT2D eigenvalue weighted by molar-refractivity contribution is 5.15. The van der Waals surface area contributed by atoms with Crippen molar-refractivity contribution in [3.63, 3.8) is 0 Å². The van der Waals surface area contributed by atoms with Gasteiger partial charge >= 0.3 is 0 Å². The molecule has 0 amide bonds. The fraction of sp³-hybridized carbons (Fsp3) is 0.556. The van der Waals surface area contributed by atoms with Gasteiger partial charge in [0.05, 0.1) is 0 Å². The van der Waals surface area contributed by atoms with Crippen LogP contribution in [-0.4, -0.2) is 12.6 Å². The molecule has 0 aliphatic carbocycles. The van der Waals surface area contributed by atoms with Crippen LogP contribution in [0.5, 0.6) is 0 Å². The predicted molar refractivity (Wildman–Crippen MR) is 47.1 cm³/mol. The van der Waals surface area contributed by atoms with Gasteiger partial charge in [0.2, 0.25) is 0 Å². The van der Waals surface area contributed by atoms with E-state index >= 15 is 0 Å². The summed E-state index contributed by atoms with van der Waals surface area (Å²) in [5.41, 5.74) is 1.14. The largest absolute Gasteiger partial charge is 0.311 e. The molecule has 0 spiro atoms. The Hall–Kier alpha value is -0.560. The molecule has 0 unspecified atom stereocenters. The van der Waals surface area contributed by atoms with E-state index in [0.717, 1.165) is 12.1 Å². The molecule has 0 aromatic heterocycles. The first-order valence-corrected chi connectivity index (χ1v) is 3.70. The van der Waals surface area contributed by atoms with Gasteiger partial charge in [-0.15, -0.1) is 0 Å². The molecule has 1 nitrogen and oxygen atoms in total. The molecule has 10 heavy (non-hydrogen) atoms. The zero-order chi connectivity index (χ0) is 7.98. The number of hydrogen-bond acceptors (Lipinski definition) is 1. The number of allylic oxidation sites excluding steroid dienone is 1. The SMILES string of the molecule is C=C(/C=C\C)CNC(C)C. The van der Waals surface area contributed by atoms with Crippen molar-refractivity contribution in [1.29, 1.82) is 0 Å². The average Bonchev–Trinajstić information content (AvgIpc) is 1.85. The summed E-state index contributed by atoms with van der Waals surface area (Å²) in [6.45, 7) is 11.0. The minimum atomic E-state index is 0.544. The highest BCUT2D eigenvalue weighted by atomic mass is 14.9. The zero-order valence-corrected chi connectivity index (χ0v) is 7.15. The monoisotopic (exact) mass is 139 g/mol. The van der Waals surface area contributed by atoms with Gasteiger partial charge in [-0.2, -0.15) is 0 Å². The van der Waals surface area contributed by atoms with Gasteiger partial charge in [0.15, 0.2) is 0 Å². The Bertz CT molecular complexity index is 123. The minimum Gasteiger partial charge on any atom is -0.311 e. The Morgan fingerprint density at radius 2 is 2.20 bits per heavy atom. The van der Waals surface area contributed by atoms with Crippen LogP contribution in [0.15, 0.2) is 24.3 Å². The van der Waals surface area contributed by atoms with E-state index in [9.17, 15) is 0 Å². The van der Waals surface area contributed by atoms with Gasteiger partial charge in [-0.3, -0.25) is 0 Å². The van der Waals surface area contributed by atoms with E-state index in [-0.39, 0.29) is 0 Å². The molecule has 0 rings (SSSR count). The molecule has 1 N–H and O–H groups in total. The Morgan fingerprint density at radius 3 is 2.60 bits per heavy atom. The number of rotatable bonds is 4. The molecule has 0 atom stereocenters. The third-order valence-electron chi connectivity index (χ3n) is 1.14. The summed E-state index contributed by atoms with van der Waals surface area (Å²) < 4.78 is 0. The zero-order valence-electron chi connectivity index (χ0n) is 7.15. The van der Waals surface area contributed by atoms with Gasteiger partial charge in [-0.25, -0.2) is 0 Å². The Morgan fingerprint density at radius 1 is 1.60 bits per heavy atom. The van der Waals surface area contributed by atoms with Gasteiger partial charge in [0, 0.05) is 12.6 Å². The average molecular weight is 139 g/mol. The smallest absolute Gasteiger partial charge is 0.0201 e. The molecule has 0 aromatic carbocycles. The summed E-state index contributed by atoms with van der Waals surface area (Å²) >= 11 is 0. The van der Waals surface area contributed by atoms with Crippen LogP contribution < -0.4 is 5.32 Å². The maximum absolute atomic E-state index is 3.87. The lowest BCUT2D eigenvalue weighted by molar-refractivity contribution is 0.626. The lowest BCUT2D eigenvalue weighted by Crippen LogP contribution is -2.24. The van der Waals surface area contributed by atoms with Gasteiger partial charge in [0.1, 0.15) is 0 Å². The summed E-state index contributed by atoms with van der Waals surface area (Å²) in [7, 11) is 0. The molecular formula is C9H17N. The first kappa shape index (κ1) is 9.44. The lowest BCUT2D eigenvalue weighted by Gasteiger charge is -2.06. The van der Waals surface area contributed by atoms with Crippen LogP contribution in [0.3, 0.4) is 0 Å². The van der Waals surface area contributed by atoms with Crippen molar-refractivity contribution in [1.82, 2.24) is 5.32 Å². The van der Waals surface area contributed by atoms with E-state index in [1.165, 1.54) is 0 Å². The maximum atomic E-state index is 3.87. The second-order valence-corrected chi connectivity index (χ2v) is 2.69. The summed E-state index contributed by atoms with van der Waals surface area (Å²) in [6.07, 6.45) is 4.03. The van der Waals surface area contributed by atoms with Crippen molar-refractivity contribution in [3.8, 4) is 0 Å². The second kappa shape index (κ2) is 5.24. The molecule has 0 saturated carbocycles. The summed E-state index contributed by atoms with van der Waals surface area (Å²) in [5.74, 6) is 0. The topological polar surface area (TPSA) is 12.0 Å². The third-order valence-corrected chi connectivity index (χ3v) is 1.14. The van der Waals surface area contributed by atoms with Crippen molar-refractivity contribution in [2.45, 2.75) is 26.8 Å². The number of nitrogens with one attached hydrogen (secondary N) is 1. The molecule has 1 heteroatoms. The van der Waals surface area contributed by atoms with E-state index in [4.69, 9.17) is 0 Å². The normalized spacial score (nSPS) is 11.2. The quantitative estimate of drug-likeness (QED) is 0.588. The van der Waals surface area contributed by atoms with Crippen LogP contribution in [0.25, 0.3) is 0 Å². The van der Waals surface area contributed by atoms with Gasteiger partial charge < -0.3 is 5.32 Å². The summed E-state index contributed by atoms with van der Waals surface area (Å²) in [5, 5.41) is 3.28. The molecule has 0 saturated heterocycles. The molecule has 0 aliphatic rings. The van der Waals surface area contributed by atoms with Gasteiger partial charge in [0.25, 0.3) is 0 Å². The Balaban J connectivity index is 3.40. The maximum Gasteiger partial charge on any atom is 0.0201 e. The highest BCUT2D eigenvalue weighted by Crippen LogP contribution is 1.90. The van der Waals surface area contributed by atoms with Crippen LogP contribution >= 0.6 is 0 Å². The standard InChI is InChI=1S/C9H17N/c1-5-6-9(4)7-10-8(2)3/h5-6,8,10H,4,7H2,1-3H3/b6-5-.